The first kappa shape index (κ1) is 8.99. The molecule has 0 aromatic carbocycles. The maximum atomic E-state index is 3.98. The van der Waals surface area contributed by atoms with Crippen LogP contribution in [0.15, 0.2) is 16.7 Å². The van der Waals surface area contributed by atoms with E-state index in [1.807, 2.05) is 18.8 Å². The molecule has 0 bridgehead atoms. The highest BCUT2D eigenvalue weighted by Crippen LogP contribution is 2.03. The monoisotopic (exact) mass is 184 g/mol. The van der Waals surface area contributed by atoms with Crippen LogP contribution in [0.3, 0.4) is 0 Å². The third-order valence-electron chi connectivity index (χ3n) is 1.37. The lowest BCUT2D eigenvalue weighted by molar-refractivity contribution is 0.877. The van der Waals surface area contributed by atoms with Crippen LogP contribution in [0, 0.1) is 0 Å². The molecule has 0 radical (unpaired) electrons. The lowest BCUT2D eigenvalue weighted by Crippen LogP contribution is -2.33. The highest BCUT2D eigenvalue weighted by atomic mass is 32.1. The predicted molar refractivity (Wildman–Crippen MR) is 51.4 cm³/mol. The van der Waals surface area contributed by atoms with E-state index in [0.717, 1.165) is 12.5 Å². The Morgan fingerprint density at radius 1 is 1.75 bits per heavy atom. The lowest BCUT2D eigenvalue weighted by atomic mass is 10.5. The molecule has 0 amide bonds. The molecular formula is C7H12N4S. The van der Waals surface area contributed by atoms with Crippen molar-refractivity contribution in [1.82, 2.24) is 15.6 Å². The smallest absolute Gasteiger partial charge is 0.191 e. The van der Waals surface area contributed by atoms with Crippen molar-refractivity contribution >= 4 is 17.3 Å². The number of hydrogen-bond acceptors (Lipinski definition) is 3. The Morgan fingerprint density at radius 2 is 2.58 bits per heavy atom. The Kier molecular flexibility index (Phi) is 3.53. The highest BCUT2D eigenvalue weighted by molar-refractivity contribution is 7.09. The first-order valence-corrected chi connectivity index (χ1v) is 4.50. The van der Waals surface area contributed by atoms with Crippen LogP contribution in [0.4, 0.5) is 0 Å². The molecule has 0 saturated heterocycles. The minimum atomic E-state index is 0.776. The zero-order valence-electron chi connectivity index (χ0n) is 7.16. The van der Waals surface area contributed by atoms with Gasteiger partial charge in [-0.15, -0.1) is 11.3 Å². The van der Waals surface area contributed by atoms with Gasteiger partial charge in [-0.25, -0.2) is 0 Å². The Bertz CT molecular complexity index is 242. The predicted octanol–water partition coefficient (Wildman–Crippen LogP) is 0.438. The molecule has 0 atom stereocenters. The van der Waals surface area contributed by atoms with Gasteiger partial charge in [0.25, 0.3) is 0 Å². The van der Waals surface area contributed by atoms with Gasteiger partial charge < -0.3 is 10.6 Å². The van der Waals surface area contributed by atoms with E-state index < -0.39 is 0 Å². The van der Waals surface area contributed by atoms with E-state index in [1.54, 1.807) is 18.4 Å². The molecule has 1 aromatic heterocycles. The summed E-state index contributed by atoms with van der Waals surface area (Å²) < 4.78 is 0. The quantitative estimate of drug-likeness (QED) is 0.518. The molecule has 0 unspecified atom stereocenters. The fourth-order valence-electron chi connectivity index (χ4n) is 0.780. The van der Waals surface area contributed by atoms with Crippen LogP contribution < -0.4 is 10.6 Å². The molecular weight excluding hydrogens is 172 g/mol. The third kappa shape index (κ3) is 2.50. The van der Waals surface area contributed by atoms with Crippen LogP contribution in [0.5, 0.6) is 0 Å². The van der Waals surface area contributed by atoms with Crippen molar-refractivity contribution < 1.29 is 0 Å². The summed E-state index contributed by atoms with van der Waals surface area (Å²) in [6.07, 6.45) is 1.85. The van der Waals surface area contributed by atoms with Crippen molar-refractivity contribution in [2.45, 2.75) is 6.54 Å². The summed E-state index contributed by atoms with van der Waals surface area (Å²) >= 11 is 1.63. The molecule has 4 nitrogen and oxygen atoms in total. The van der Waals surface area contributed by atoms with Gasteiger partial charge in [0.15, 0.2) is 5.96 Å². The summed E-state index contributed by atoms with van der Waals surface area (Å²) in [6.45, 7) is 0.776. The summed E-state index contributed by atoms with van der Waals surface area (Å²) in [6, 6.07) is 0. The molecule has 0 spiro atoms. The molecule has 66 valence electrons. The van der Waals surface area contributed by atoms with Gasteiger partial charge in [0.2, 0.25) is 0 Å². The topological polar surface area (TPSA) is 49.3 Å². The first-order valence-electron chi connectivity index (χ1n) is 3.62. The molecule has 1 heterocycles. The second-order valence-electron chi connectivity index (χ2n) is 2.14. The number of nitrogens with one attached hydrogen (secondary N) is 2. The van der Waals surface area contributed by atoms with E-state index in [-0.39, 0.29) is 0 Å². The standard InChI is InChI=1S/C7H12N4S/c1-8-7(9-2)11-4-6-3-10-5-12-6/h3,5H,4H2,1-2H3,(H2,8,9,11). The Labute approximate surface area is 75.7 Å². The molecule has 12 heavy (non-hydrogen) atoms. The maximum absolute atomic E-state index is 3.98. The molecule has 0 aliphatic carbocycles. The van der Waals surface area contributed by atoms with Crippen LogP contribution >= 0.6 is 11.3 Å². The maximum Gasteiger partial charge on any atom is 0.191 e. The fraction of sp³-hybridized carbons (Fsp3) is 0.429. The Balaban J connectivity index is 2.35. The number of rotatable bonds is 2. The normalized spacial score (nSPS) is 11.3. The van der Waals surface area contributed by atoms with Gasteiger partial charge in [0.05, 0.1) is 12.1 Å². The van der Waals surface area contributed by atoms with Crippen LogP contribution in [0.1, 0.15) is 4.88 Å². The number of aliphatic imine (C=N–C) groups is 1. The molecule has 5 heteroatoms. The molecule has 0 aliphatic heterocycles. The van der Waals surface area contributed by atoms with Gasteiger partial charge in [-0.3, -0.25) is 9.98 Å². The van der Waals surface area contributed by atoms with Crippen molar-refractivity contribution in [3.05, 3.63) is 16.6 Å². The number of aromatic nitrogens is 1. The number of thiazole rings is 1. The van der Waals surface area contributed by atoms with Crippen LogP contribution in [-0.4, -0.2) is 25.0 Å². The van der Waals surface area contributed by atoms with Gasteiger partial charge in [0.1, 0.15) is 0 Å². The number of hydrogen-bond donors (Lipinski definition) is 2. The van der Waals surface area contributed by atoms with Crippen molar-refractivity contribution in [2.24, 2.45) is 4.99 Å². The summed E-state index contributed by atoms with van der Waals surface area (Å²) in [7, 11) is 3.58. The summed E-state index contributed by atoms with van der Waals surface area (Å²) in [5, 5.41) is 6.07. The fourth-order valence-corrected chi connectivity index (χ4v) is 1.31. The van der Waals surface area contributed by atoms with E-state index in [2.05, 4.69) is 20.6 Å². The summed E-state index contributed by atoms with van der Waals surface area (Å²) in [5.74, 6) is 0.795. The largest absolute Gasteiger partial charge is 0.359 e. The van der Waals surface area contributed by atoms with E-state index in [1.165, 1.54) is 4.88 Å². The minimum Gasteiger partial charge on any atom is -0.359 e. The van der Waals surface area contributed by atoms with Gasteiger partial charge in [-0.1, -0.05) is 0 Å². The minimum absolute atomic E-state index is 0.776. The third-order valence-corrected chi connectivity index (χ3v) is 2.15. The van der Waals surface area contributed by atoms with Crippen molar-refractivity contribution in [1.29, 1.82) is 0 Å². The van der Waals surface area contributed by atoms with Gasteiger partial charge in [-0.2, -0.15) is 0 Å². The van der Waals surface area contributed by atoms with Gasteiger partial charge >= 0.3 is 0 Å². The van der Waals surface area contributed by atoms with E-state index in [4.69, 9.17) is 0 Å². The van der Waals surface area contributed by atoms with E-state index >= 15 is 0 Å². The highest BCUT2D eigenvalue weighted by Gasteiger charge is 1.95. The second-order valence-corrected chi connectivity index (χ2v) is 3.11. The zero-order valence-corrected chi connectivity index (χ0v) is 7.98. The van der Waals surface area contributed by atoms with E-state index in [0.29, 0.717) is 0 Å². The van der Waals surface area contributed by atoms with Crippen molar-refractivity contribution in [2.75, 3.05) is 14.1 Å². The molecule has 1 aromatic rings. The zero-order chi connectivity index (χ0) is 8.81. The van der Waals surface area contributed by atoms with Gasteiger partial charge in [-0.05, 0) is 0 Å². The molecule has 2 N–H and O–H groups in total. The second kappa shape index (κ2) is 4.71. The van der Waals surface area contributed by atoms with Crippen LogP contribution in [0.2, 0.25) is 0 Å². The average Bonchev–Trinajstić information content (AvgIpc) is 2.59. The molecule has 0 aliphatic rings. The Morgan fingerprint density at radius 3 is 3.08 bits per heavy atom. The molecule has 0 fully saturated rings. The molecule has 0 saturated carbocycles. The lowest BCUT2D eigenvalue weighted by Gasteiger charge is -2.05. The average molecular weight is 184 g/mol. The Hall–Kier alpha value is -1.10. The molecule has 1 rings (SSSR count). The summed E-state index contributed by atoms with van der Waals surface area (Å²) in [4.78, 5) is 9.16. The summed E-state index contributed by atoms with van der Waals surface area (Å²) in [5.41, 5.74) is 1.82. The van der Waals surface area contributed by atoms with Gasteiger partial charge in [0, 0.05) is 25.2 Å². The SMILES string of the molecule is CN=C(NC)NCc1cncs1. The number of nitrogens with zero attached hydrogens (tertiary/aromatic N) is 2. The number of guanidine groups is 1. The van der Waals surface area contributed by atoms with Crippen molar-refractivity contribution in [3.63, 3.8) is 0 Å². The van der Waals surface area contributed by atoms with Crippen LogP contribution in [0.25, 0.3) is 0 Å². The van der Waals surface area contributed by atoms with Crippen molar-refractivity contribution in [3.8, 4) is 0 Å². The van der Waals surface area contributed by atoms with Crippen LogP contribution in [-0.2, 0) is 6.54 Å². The van der Waals surface area contributed by atoms with E-state index in [9.17, 15) is 0 Å². The first-order chi connectivity index (χ1) is 5.86.